The third-order valence-electron chi connectivity index (χ3n) is 3.23. The van der Waals surface area contributed by atoms with Crippen LogP contribution in [-0.2, 0) is 5.75 Å². The lowest BCUT2D eigenvalue weighted by Crippen LogP contribution is -2.13. The minimum absolute atomic E-state index is 0.164. The number of carbonyl (C=O) groups excluding carboxylic acids is 1. The Labute approximate surface area is 140 Å². The third-order valence-corrected chi connectivity index (χ3v) is 4.26. The van der Waals surface area contributed by atoms with Crippen molar-refractivity contribution in [2.45, 2.75) is 12.7 Å². The van der Waals surface area contributed by atoms with Gasteiger partial charge >= 0.3 is 0 Å². The minimum atomic E-state index is -0.164. The molecule has 0 aliphatic heterocycles. The van der Waals surface area contributed by atoms with Crippen LogP contribution in [-0.4, -0.2) is 19.3 Å². The van der Waals surface area contributed by atoms with E-state index in [1.54, 1.807) is 31.0 Å². The highest BCUT2D eigenvalue weighted by atomic mass is 35.5. The summed E-state index contributed by atoms with van der Waals surface area (Å²) in [5.74, 6) is 1.26. The number of amides is 1. The highest BCUT2D eigenvalue weighted by molar-refractivity contribution is 7.97. The first kappa shape index (κ1) is 16.7. The van der Waals surface area contributed by atoms with Crippen LogP contribution in [0.1, 0.15) is 21.5 Å². The maximum absolute atomic E-state index is 12.4. The van der Waals surface area contributed by atoms with Crippen LogP contribution < -0.4 is 10.1 Å². The van der Waals surface area contributed by atoms with Gasteiger partial charge in [-0.05, 0) is 42.5 Å². The lowest BCUT2D eigenvalue weighted by Gasteiger charge is -2.12. The predicted octanol–water partition coefficient (Wildman–Crippen LogP) is 4.77. The summed E-state index contributed by atoms with van der Waals surface area (Å²) in [6, 6.07) is 11.1. The number of hydrogen-bond donors (Lipinski definition) is 1. The Balaban J connectivity index is 2.25. The molecule has 0 fully saturated rings. The Morgan fingerprint density at radius 1 is 1.32 bits per heavy atom. The highest BCUT2D eigenvalue weighted by Crippen LogP contribution is 2.31. The second-order valence-electron chi connectivity index (χ2n) is 4.89. The van der Waals surface area contributed by atoms with Gasteiger partial charge in [0, 0.05) is 22.4 Å². The van der Waals surface area contributed by atoms with E-state index in [0.29, 0.717) is 22.0 Å². The summed E-state index contributed by atoms with van der Waals surface area (Å²) in [6.07, 6.45) is 2.04. The number of thioether (sulfide) groups is 1. The number of anilines is 1. The first-order valence-electron chi connectivity index (χ1n) is 6.78. The maximum Gasteiger partial charge on any atom is 0.255 e. The van der Waals surface area contributed by atoms with Gasteiger partial charge in [-0.15, -0.1) is 0 Å². The molecule has 5 heteroatoms. The topological polar surface area (TPSA) is 38.3 Å². The van der Waals surface area contributed by atoms with Gasteiger partial charge in [0.2, 0.25) is 0 Å². The van der Waals surface area contributed by atoms with Crippen molar-refractivity contribution in [2.75, 3.05) is 18.7 Å². The molecule has 1 N–H and O–H groups in total. The molecule has 0 aliphatic rings. The molecular formula is C17H18ClNO2S. The van der Waals surface area contributed by atoms with Crippen molar-refractivity contribution in [3.8, 4) is 5.75 Å². The first-order valence-corrected chi connectivity index (χ1v) is 8.55. The standard InChI is InChI=1S/C17H18ClNO2S/c1-11-7-15(16(21-2)9-14(11)18)19-17(20)13-6-4-5-12(8-13)10-22-3/h4-9H,10H2,1-3H3,(H,19,20). The molecule has 116 valence electrons. The van der Waals surface area contributed by atoms with E-state index in [2.05, 4.69) is 5.32 Å². The average molecular weight is 336 g/mol. The molecule has 22 heavy (non-hydrogen) atoms. The SMILES string of the molecule is COc1cc(Cl)c(C)cc1NC(=O)c1cccc(CSC)c1. The zero-order valence-corrected chi connectivity index (χ0v) is 14.3. The summed E-state index contributed by atoms with van der Waals surface area (Å²) in [4.78, 5) is 12.4. The third kappa shape index (κ3) is 3.96. The minimum Gasteiger partial charge on any atom is -0.495 e. The van der Waals surface area contributed by atoms with Gasteiger partial charge in [-0.25, -0.2) is 0 Å². The van der Waals surface area contributed by atoms with Gasteiger partial charge in [0.05, 0.1) is 12.8 Å². The molecule has 3 nitrogen and oxygen atoms in total. The van der Waals surface area contributed by atoms with Crippen molar-refractivity contribution in [1.29, 1.82) is 0 Å². The zero-order chi connectivity index (χ0) is 16.1. The molecule has 0 heterocycles. The number of halogens is 1. The van der Waals surface area contributed by atoms with Gasteiger partial charge in [-0.2, -0.15) is 11.8 Å². The van der Waals surface area contributed by atoms with Gasteiger partial charge < -0.3 is 10.1 Å². The van der Waals surface area contributed by atoms with Gasteiger partial charge in [0.1, 0.15) is 5.75 Å². The lowest BCUT2D eigenvalue weighted by atomic mass is 10.1. The molecule has 1 amide bonds. The number of nitrogens with one attached hydrogen (secondary N) is 1. The fourth-order valence-electron chi connectivity index (χ4n) is 2.09. The maximum atomic E-state index is 12.4. The molecule has 0 aliphatic carbocycles. The normalized spacial score (nSPS) is 10.4. The van der Waals surface area contributed by atoms with Gasteiger partial charge in [0.25, 0.3) is 5.91 Å². The average Bonchev–Trinajstić information content (AvgIpc) is 2.51. The summed E-state index contributed by atoms with van der Waals surface area (Å²) in [5.41, 5.74) is 3.25. The fraction of sp³-hybridized carbons (Fsp3) is 0.235. The number of carbonyl (C=O) groups is 1. The van der Waals surface area contributed by atoms with E-state index in [0.717, 1.165) is 16.9 Å². The van der Waals surface area contributed by atoms with Crippen molar-refractivity contribution < 1.29 is 9.53 Å². The Morgan fingerprint density at radius 2 is 2.09 bits per heavy atom. The monoisotopic (exact) mass is 335 g/mol. The highest BCUT2D eigenvalue weighted by Gasteiger charge is 2.12. The van der Waals surface area contributed by atoms with Gasteiger partial charge in [-0.3, -0.25) is 4.79 Å². The Bertz CT molecular complexity index is 688. The molecule has 2 aromatic carbocycles. The van der Waals surface area contributed by atoms with E-state index in [1.807, 2.05) is 37.4 Å². The van der Waals surface area contributed by atoms with Crippen LogP contribution in [0.4, 0.5) is 5.69 Å². The van der Waals surface area contributed by atoms with E-state index >= 15 is 0 Å². The lowest BCUT2D eigenvalue weighted by molar-refractivity contribution is 0.102. The molecule has 2 rings (SSSR count). The second-order valence-corrected chi connectivity index (χ2v) is 6.16. The van der Waals surface area contributed by atoms with E-state index in [-0.39, 0.29) is 5.91 Å². The summed E-state index contributed by atoms with van der Waals surface area (Å²) in [5, 5.41) is 3.49. The first-order chi connectivity index (χ1) is 10.5. The number of rotatable bonds is 5. The van der Waals surface area contributed by atoms with Crippen LogP contribution in [0.2, 0.25) is 5.02 Å². The smallest absolute Gasteiger partial charge is 0.255 e. The van der Waals surface area contributed by atoms with Crippen LogP contribution >= 0.6 is 23.4 Å². The fourth-order valence-corrected chi connectivity index (χ4v) is 2.76. The number of hydrogen-bond acceptors (Lipinski definition) is 3. The molecule has 2 aromatic rings. The molecule has 0 unspecified atom stereocenters. The van der Waals surface area contributed by atoms with Crippen LogP contribution in [0.5, 0.6) is 5.75 Å². The molecule has 0 saturated heterocycles. The Morgan fingerprint density at radius 3 is 2.77 bits per heavy atom. The molecule has 0 saturated carbocycles. The van der Waals surface area contributed by atoms with Crippen molar-refractivity contribution in [1.82, 2.24) is 0 Å². The second kappa shape index (κ2) is 7.56. The van der Waals surface area contributed by atoms with Gasteiger partial charge in [-0.1, -0.05) is 23.7 Å². The summed E-state index contributed by atoms with van der Waals surface area (Å²) >= 11 is 7.80. The summed E-state index contributed by atoms with van der Waals surface area (Å²) in [6.45, 7) is 1.89. The van der Waals surface area contributed by atoms with Gasteiger partial charge in [0.15, 0.2) is 0 Å². The molecular weight excluding hydrogens is 318 g/mol. The van der Waals surface area contributed by atoms with E-state index in [1.165, 1.54) is 0 Å². The van der Waals surface area contributed by atoms with Crippen molar-refractivity contribution >= 4 is 35.0 Å². The number of benzene rings is 2. The molecule has 0 aromatic heterocycles. The van der Waals surface area contributed by atoms with E-state index in [9.17, 15) is 4.79 Å². The summed E-state index contributed by atoms with van der Waals surface area (Å²) < 4.78 is 5.28. The van der Waals surface area contributed by atoms with E-state index < -0.39 is 0 Å². The largest absolute Gasteiger partial charge is 0.495 e. The van der Waals surface area contributed by atoms with Crippen LogP contribution in [0.25, 0.3) is 0 Å². The summed E-state index contributed by atoms with van der Waals surface area (Å²) in [7, 11) is 1.55. The number of methoxy groups -OCH3 is 1. The number of ether oxygens (including phenoxy) is 1. The number of aryl methyl sites for hydroxylation is 1. The predicted molar refractivity (Wildman–Crippen MR) is 94.4 cm³/mol. The molecule has 0 atom stereocenters. The quantitative estimate of drug-likeness (QED) is 0.855. The Hall–Kier alpha value is -1.65. The van der Waals surface area contributed by atoms with Crippen molar-refractivity contribution in [3.05, 3.63) is 58.1 Å². The van der Waals surface area contributed by atoms with Crippen molar-refractivity contribution in [3.63, 3.8) is 0 Å². The van der Waals surface area contributed by atoms with Crippen LogP contribution in [0.3, 0.4) is 0 Å². The molecule has 0 bridgehead atoms. The van der Waals surface area contributed by atoms with Crippen molar-refractivity contribution in [2.24, 2.45) is 0 Å². The van der Waals surface area contributed by atoms with E-state index in [4.69, 9.17) is 16.3 Å². The molecule has 0 radical (unpaired) electrons. The zero-order valence-electron chi connectivity index (χ0n) is 12.8. The van der Waals surface area contributed by atoms with Crippen LogP contribution in [0, 0.1) is 6.92 Å². The molecule has 0 spiro atoms. The van der Waals surface area contributed by atoms with Crippen LogP contribution in [0.15, 0.2) is 36.4 Å². The Kier molecular flexibility index (Phi) is 5.75.